The van der Waals surface area contributed by atoms with Crippen molar-refractivity contribution in [2.75, 3.05) is 49.5 Å². The second kappa shape index (κ2) is 11.6. The third-order valence-corrected chi connectivity index (χ3v) is 7.87. The quantitative estimate of drug-likeness (QED) is 0.481. The SMILES string of the molecule is O=C(C1=NOC2(CCN(OC(=S)Nc3cc(C(F)(F)F)ccc3Cl)CC2)C1)N1CCN(c2ncccc2Cl)CC1. The number of piperazine rings is 1. The van der Waals surface area contributed by atoms with Crippen molar-refractivity contribution < 1.29 is 27.6 Å². The molecule has 2 saturated heterocycles. The van der Waals surface area contributed by atoms with E-state index in [9.17, 15) is 18.0 Å². The molecule has 214 valence electrons. The van der Waals surface area contributed by atoms with Gasteiger partial charge in [-0.15, -0.1) is 5.06 Å². The van der Waals surface area contributed by atoms with E-state index < -0.39 is 17.3 Å². The number of carbonyl (C=O) groups excluding carboxylic acids is 1. The van der Waals surface area contributed by atoms with E-state index in [1.54, 1.807) is 28.3 Å². The maximum absolute atomic E-state index is 13.1. The Bertz CT molecular complexity index is 1310. The van der Waals surface area contributed by atoms with E-state index in [0.29, 0.717) is 75.1 Å². The van der Waals surface area contributed by atoms with E-state index in [4.69, 9.17) is 45.1 Å². The lowest BCUT2D eigenvalue weighted by molar-refractivity contribution is -0.143. The number of anilines is 2. The Morgan fingerprint density at radius 2 is 1.80 bits per heavy atom. The van der Waals surface area contributed by atoms with Crippen LogP contribution in [0.3, 0.4) is 0 Å². The highest BCUT2D eigenvalue weighted by atomic mass is 35.5. The highest BCUT2D eigenvalue weighted by molar-refractivity contribution is 7.80. The van der Waals surface area contributed by atoms with Crippen LogP contribution >= 0.6 is 35.4 Å². The van der Waals surface area contributed by atoms with Gasteiger partial charge in [-0.05, 0) is 42.5 Å². The molecule has 0 radical (unpaired) electrons. The Kier molecular flexibility index (Phi) is 8.27. The zero-order chi connectivity index (χ0) is 28.5. The monoisotopic (exact) mass is 616 g/mol. The molecule has 1 N–H and O–H groups in total. The first-order chi connectivity index (χ1) is 19.0. The summed E-state index contributed by atoms with van der Waals surface area (Å²) in [7, 11) is 0. The third-order valence-electron chi connectivity index (χ3n) is 7.07. The summed E-state index contributed by atoms with van der Waals surface area (Å²) in [6.45, 7) is 3.07. The Balaban J connectivity index is 1.09. The maximum atomic E-state index is 13.1. The van der Waals surface area contributed by atoms with Crippen LogP contribution in [0.4, 0.5) is 24.7 Å². The zero-order valence-corrected chi connectivity index (χ0v) is 23.4. The predicted octanol–water partition coefficient (Wildman–Crippen LogP) is 5.00. The fourth-order valence-corrected chi connectivity index (χ4v) is 5.47. The molecule has 0 bridgehead atoms. The van der Waals surface area contributed by atoms with Crippen LogP contribution in [0.2, 0.25) is 10.0 Å². The van der Waals surface area contributed by atoms with Crippen LogP contribution in [-0.4, -0.2) is 76.6 Å². The molecule has 9 nitrogen and oxygen atoms in total. The number of nitrogens with one attached hydrogen (secondary N) is 1. The van der Waals surface area contributed by atoms with Gasteiger partial charge in [-0.2, -0.15) is 13.2 Å². The molecule has 2 aromatic rings. The van der Waals surface area contributed by atoms with Crippen molar-refractivity contribution in [1.29, 1.82) is 0 Å². The topological polar surface area (TPSA) is 82.5 Å². The number of carbonyl (C=O) groups is 1. The third kappa shape index (κ3) is 6.37. The van der Waals surface area contributed by atoms with Crippen molar-refractivity contribution in [1.82, 2.24) is 14.9 Å². The minimum absolute atomic E-state index is 0.00499. The first-order valence-electron chi connectivity index (χ1n) is 12.5. The Labute approximate surface area is 243 Å². The van der Waals surface area contributed by atoms with Crippen LogP contribution in [0.25, 0.3) is 0 Å². The highest BCUT2D eigenvalue weighted by Crippen LogP contribution is 2.36. The molecule has 4 heterocycles. The summed E-state index contributed by atoms with van der Waals surface area (Å²) in [5.74, 6) is 0.559. The molecule has 3 aliphatic heterocycles. The van der Waals surface area contributed by atoms with Gasteiger partial charge in [0.25, 0.3) is 11.1 Å². The van der Waals surface area contributed by atoms with Crippen LogP contribution < -0.4 is 10.2 Å². The van der Waals surface area contributed by atoms with Crippen molar-refractivity contribution in [3.63, 3.8) is 0 Å². The minimum Gasteiger partial charge on any atom is -0.388 e. The number of alkyl halides is 3. The van der Waals surface area contributed by atoms with Crippen LogP contribution in [-0.2, 0) is 20.6 Å². The summed E-state index contributed by atoms with van der Waals surface area (Å²) in [5.41, 5.74) is -1.09. The summed E-state index contributed by atoms with van der Waals surface area (Å²) in [5, 5.41) is 8.86. The number of aromatic nitrogens is 1. The number of hydroxylamine groups is 2. The van der Waals surface area contributed by atoms with Gasteiger partial charge < -0.3 is 24.8 Å². The summed E-state index contributed by atoms with van der Waals surface area (Å²) < 4.78 is 39.1. The van der Waals surface area contributed by atoms with Crippen LogP contribution in [0.1, 0.15) is 24.8 Å². The van der Waals surface area contributed by atoms with Gasteiger partial charge in [0.2, 0.25) is 0 Å². The standard InChI is InChI=1S/C25H25Cl2F3N6O3S/c26-17-4-3-16(25(28,29)30)14-19(17)32-23(40)38-36-8-5-24(6-9-36)15-20(33-39-24)22(37)35-12-10-34(11-13-35)21-18(27)2-1-7-31-21/h1-4,7,14H,5-6,8-13,15H2,(H,32,40). The number of thiocarbonyl (C=S) groups is 1. The summed E-state index contributed by atoms with van der Waals surface area (Å²) in [6, 6.07) is 6.48. The number of nitrogens with zero attached hydrogens (tertiary/aromatic N) is 5. The van der Waals surface area contributed by atoms with Crippen LogP contribution in [0.15, 0.2) is 41.7 Å². The molecule has 15 heteroatoms. The summed E-state index contributed by atoms with van der Waals surface area (Å²) in [6.07, 6.45) is -1.40. The van der Waals surface area contributed by atoms with Gasteiger partial charge in [0.15, 0.2) is 0 Å². The molecular weight excluding hydrogens is 592 g/mol. The molecule has 0 aliphatic carbocycles. The van der Waals surface area contributed by atoms with Crippen molar-refractivity contribution in [3.05, 3.63) is 52.1 Å². The molecule has 40 heavy (non-hydrogen) atoms. The number of benzene rings is 1. The maximum Gasteiger partial charge on any atom is 0.416 e. The minimum atomic E-state index is -4.52. The molecule has 1 amide bonds. The number of rotatable bonds is 4. The van der Waals surface area contributed by atoms with Crippen molar-refractivity contribution in [2.45, 2.75) is 31.0 Å². The van der Waals surface area contributed by atoms with Gasteiger partial charge >= 0.3 is 6.18 Å². The summed E-state index contributed by atoms with van der Waals surface area (Å²) in [4.78, 5) is 32.7. The van der Waals surface area contributed by atoms with Crippen molar-refractivity contribution in [3.8, 4) is 0 Å². The Morgan fingerprint density at radius 3 is 2.48 bits per heavy atom. The fourth-order valence-electron chi connectivity index (χ4n) is 4.85. The number of hydrogen-bond acceptors (Lipinski definition) is 8. The average molecular weight is 617 g/mol. The van der Waals surface area contributed by atoms with Crippen molar-refractivity contribution >= 4 is 63.7 Å². The molecule has 1 spiro atoms. The van der Waals surface area contributed by atoms with E-state index in [-0.39, 0.29) is 21.8 Å². The number of halogens is 5. The Hall–Kier alpha value is -2.87. The number of amides is 1. The average Bonchev–Trinajstić information content (AvgIpc) is 3.34. The lowest BCUT2D eigenvalue weighted by atomic mass is 9.87. The molecule has 0 atom stereocenters. The second-order valence-corrected chi connectivity index (χ2v) is 10.9. The number of hydrogen-bond donors (Lipinski definition) is 1. The Morgan fingerprint density at radius 1 is 1.07 bits per heavy atom. The van der Waals surface area contributed by atoms with Crippen molar-refractivity contribution in [2.24, 2.45) is 5.16 Å². The lowest BCUT2D eigenvalue weighted by Gasteiger charge is -2.37. The number of pyridine rings is 1. The van der Waals surface area contributed by atoms with E-state index in [1.807, 2.05) is 0 Å². The van der Waals surface area contributed by atoms with E-state index in [1.165, 1.54) is 0 Å². The molecule has 0 saturated carbocycles. The van der Waals surface area contributed by atoms with E-state index >= 15 is 0 Å². The van der Waals surface area contributed by atoms with Gasteiger partial charge in [0, 0.05) is 64.7 Å². The predicted molar refractivity (Wildman–Crippen MR) is 148 cm³/mol. The van der Waals surface area contributed by atoms with Gasteiger partial charge in [0.1, 0.15) is 17.1 Å². The van der Waals surface area contributed by atoms with Gasteiger partial charge in [-0.25, -0.2) is 4.98 Å². The zero-order valence-electron chi connectivity index (χ0n) is 21.1. The lowest BCUT2D eigenvalue weighted by Crippen LogP contribution is -2.51. The van der Waals surface area contributed by atoms with E-state index in [2.05, 4.69) is 20.4 Å². The molecule has 5 rings (SSSR count). The first-order valence-corrected chi connectivity index (χ1v) is 13.7. The smallest absolute Gasteiger partial charge is 0.388 e. The molecule has 1 aromatic carbocycles. The second-order valence-electron chi connectivity index (χ2n) is 9.70. The highest BCUT2D eigenvalue weighted by Gasteiger charge is 2.45. The summed E-state index contributed by atoms with van der Waals surface area (Å²) >= 11 is 17.5. The molecule has 2 fully saturated rings. The van der Waals surface area contributed by atoms with Gasteiger partial charge in [-0.3, -0.25) is 4.79 Å². The normalized spacial score (nSPS) is 19.3. The number of oxime groups is 1. The van der Waals surface area contributed by atoms with Crippen LogP contribution in [0, 0.1) is 0 Å². The molecule has 0 unspecified atom stereocenters. The largest absolute Gasteiger partial charge is 0.416 e. The molecule has 3 aliphatic rings. The van der Waals surface area contributed by atoms with Gasteiger partial charge in [0.05, 0.1) is 21.3 Å². The van der Waals surface area contributed by atoms with E-state index in [0.717, 1.165) is 18.2 Å². The fraction of sp³-hybridized carbons (Fsp3) is 0.440. The number of piperidine rings is 1. The molecular formula is C25H25Cl2F3N6O3S. The van der Waals surface area contributed by atoms with Gasteiger partial charge in [-0.1, -0.05) is 28.4 Å². The van der Waals surface area contributed by atoms with Crippen LogP contribution in [0.5, 0.6) is 0 Å². The molecule has 1 aromatic heterocycles. The first kappa shape index (κ1) is 28.7.